The number of nitrogens with zero attached hydrogens (tertiary/aromatic N) is 3. The predicted molar refractivity (Wildman–Crippen MR) is 109 cm³/mol. The van der Waals surface area contributed by atoms with Gasteiger partial charge in [-0.2, -0.15) is 0 Å². The number of hydrogen-bond acceptors (Lipinski definition) is 4. The van der Waals surface area contributed by atoms with Gasteiger partial charge in [0.25, 0.3) is 0 Å². The smallest absolute Gasteiger partial charge is 0.191 e. The van der Waals surface area contributed by atoms with E-state index in [0.717, 1.165) is 40.8 Å². The molecule has 3 rings (SSSR count). The fourth-order valence-corrected chi connectivity index (χ4v) is 3.31. The Labute approximate surface area is 162 Å². The molecular weight excluding hydrogens is 366 g/mol. The molecule has 0 aliphatic carbocycles. The molecule has 0 saturated heterocycles. The van der Waals surface area contributed by atoms with Crippen LogP contribution in [0.5, 0.6) is 0 Å². The standard InChI is InChI=1S/C19H20ClN5S/c1-21-19(22-10-9-14-7-8-17(20)23-11-14)24-12-16-13-26-18(25-16)15-5-3-2-4-6-15/h2-8,11,13H,9-10,12H2,1H3,(H2,21,22,24). The Balaban J connectivity index is 1.47. The number of nitrogens with one attached hydrogen (secondary N) is 2. The molecular formula is C19H20ClN5S. The van der Waals surface area contributed by atoms with Crippen molar-refractivity contribution >= 4 is 28.9 Å². The molecule has 2 heterocycles. The van der Waals surface area contributed by atoms with E-state index in [1.807, 2.05) is 24.3 Å². The van der Waals surface area contributed by atoms with Crippen LogP contribution in [-0.4, -0.2) is 29.5 Å². The molecule has 134 valence electrons. The van der Waals surface area contributed by atoms with Gasteiger partial charge in [-0.25, -0.2) is 9.97 Å². The maximum absolute atomic E-state index is 5.80. The lowest BCUT2D eigenvalue weighted by Gasteiger charge is -2.11. The zero-order valence-corrected chi connectivity index (χ0v) is 16.0. The molecule has 2 N–H and O–H groups in total. The molecule has 0 atom stereocenters. The molecule has 0 bridgehead atoms. The van der Waals surface area contributed by atoms with E-state index >= 15 is 0 Å². The van der Waals surface area contributed by atoms with E-state index in [-0.39, 0.29) is 0 Å². The molecule has 0 spiro atoms. The third-order valence-electron chi connectivity index (χ3n) is 3.73. The summed E-state index contributed by atoms with van der Waals surface area (Å²) >= 11 is 7.45. The molecule has 0 aliphatic rings. The summed E-state index contributed by atoms with van der Waals surface area (Å²) in [7, 11) is 1.76. The van der Waals surface area contributed by atoms with E-state index in [4.69, 9.17) is 11.6 Å². The Morgan fingerprint density at radius 3 is 2.73 bits per heavy atom. The lowest BCUT2D eigenvalue weighted by molar-refractivity contribution is 0.785. The summed E-state index contributed by atoms with van der Waals surface area (Å²) in [6.07, 6.45) is 2.64. The van der Waals surface area contributed by atoms with Crippen LogP contribution in [0.15, 0.2) is 59.0 Å². The molecule has 0 unspecified atom stereocenters. The molecule has 0 fully saturated rings. The number of hydrogen-bond donors (Lipinski definition) is 2. The first kappa shape index (κ1) is 18.4. The molecule has 2 aromatic heterocycles. The maximum Gasteiger partial charge on any atom is 0.191 e. The number of guanidine groups is 1. The number of pyridine rings is 1. The van der Waals surface area contributed by atoms with Gasteiger partial charge in [-0.05, 0) is 18.1 Å². The number of rotatable bonds is 6. The van der Waals surface area contributed by atoms with Crippen molar-refractivity contribution in [3.05, 3.63) is 70.5 Å². The Morgan fingerprint density at radius 2 is 2.00 bits per heavy atom. The summed E-state index contributed by atoms with van der Waals surface area (Å²) in [4.78, 5) is 13.0. The van der Waals surface area contributed by atoms with E-state index in [2.05, 4.69) is 43.1 Å². The van der Waals surface area contributed by atoms with Crippen molar-refractivity contribution in [1.29, 1.82) is 0 Å². The Hall–Kier alpha value is -2.44. The maximum atomic E-state index is 5.80. The number of aliphatic imine (C=N–C) groups is 1. The molecule has 26 heavy (non-hydrogen) atoms. The largest absolute Gasteiger partial charge is 0.356 e. The minimum atomic E-state index is 0.511. The van der Waals surface area contributed by atoms with Crippen LogP contribution in [0.2, 0.25) is 5.15 Å². The van der Waals surface area contributed by atoms with E-state index in [0.29, 0.717) is 11.7 Å². The van der Waals surface area contributed by atoms with Crippen molar-refractivity contribution in [3.8, 4) is 10.6 Å². The van der Waals surface area contributed by atoms with E-state index in [9.17, 15) is 0 Å². The second kappa shape index (κ2) is 9.31. The summed E-state index contributed by atoms with van der Waals surface area (Å²) in [6, 6.07) is 14.0. The molecule has 0 radical (unpaired) electrons. The molecule has 7 heteroatoms. The first-order chi connectivity index (χ1) is 12.7. The zero-order valence-electron chi connectivity index (χ0n) is 14.4. The molecule has 0 aliphatic heterocycles. The van der Waals surface area contributed by atoms with Crippen LogP contribution in [0.3, 0.4) is 0 Å². The van der Waals surface area contributed by atoms with Crippen molar-refractivity contribution in [2.45, 2.75) is 13.0 Å². The highest BCUT2D eigenvalue weighted by molar-refractivity contribution is 7.13. The summed E-state index contributed by atoms with van der Waals surface area (Å²) in [5, 5.41) is 10.2. The molecule has 5 nitrogen and oxygen atoms in total. The lowest BCUT2D eigenvalue weighted by atomic mass is 10.2. The summed E-state index contributed by atoms with van der Waals surface area (Å²) in [6.45, 7) is 1.39. The number of benzene rings is 1. The quantitative estimate of drug-likeness (QED) is 0.385. The van der Waals surface area contributed by atoms with Gasteiger partial charge in [0.05, 0.1) is 12.2 Å². The zero-order chi connectivity index (χ0) is 18.2. The minimum Gasteiger partial charge on any atom is -0.356 e. The Bertz CT molecular complexity index is 846. The molecule has 0 amide bonds. The molecule has 0 saturated carbocycles. The number of halogens is 1. The van der Waals surface area contributed by atoms with Gasteiger partial charge in [0.15, 0.2) is 5.96 Å². The normalized spacial score (nSPS) is 11.4. The van der Waals surface area contributed by atoms with Crippen molar-refractivity contribution < 1.29 is 0 Å². The van der Waals surface area contributed by atoms with Crippen molar-refractivity contribution in [1.82, 2.24) is 20.6 Å². The summed E-state index contributed by atoms with van der Waals surface area (Å²) in [5.74, 6) is 0.751. The van der Waals surface area contributed by atoms with E-state index in [1.54, 1.807) is 30.6 Å². The fraction of sp³-hybridized carbons (Fsp3) is 0.211. The average molecular weight is 386 g/mol. The second-order valence-electron chi connectivity index (χ2n) is 5.60. The van der Waals surface area contributed by atoms with Gasteiger partial charge >= 0.3 is 0 Å². The van der Waals surface area contributed by atoms with Crippen molar-refractivity contribution in [3.63, 3.8) is 0 Å². The minimum absolute atomic E-state index is 0.511. The van der Waals surface area contributed by atoms with Gasteiger partial charge in [0.2, 0.25) is 0 Å². The first-order valence-electron chi connectivity index (χ1n) is 8.29. The van der Waals surface area contributed by atoms with Gasteiger partial charge in [0.1, 0.15) is 10.2 Å². The van der Waals surface area contributed by atoms with E-state index in [1.165, 1.54) is 0 Å². The average Bonchev–Trinajstić information content (AvgIpc) is 3.16. The second-order valence-corrected chi connectivity index (χ2v) is 6.85. The molecule has 3 aromatic rings. The van der Waals surface area contributed by atoms with Crippen molar-refractivity contribution in [2.75, 3.05) is 13.6 Å². The van der Waals surface area contributed by atoms with Crippen LogP contribution < -0.4 is 10.6 Å². The fourth-order valence-electron chi connectivity index (χ4n) is 2.38. The monoisotopic (exact) mass is 385 g/mol. The number of thiazole rings is 1. The Morgan fingerprint density at radius 1 is 1.15 bits per heavy atom. The highest BCUT2D eigenvalue weighted by atomic mass is 35.5. The van der Waals surface area contributed by atoms with Crippen LogP contribution in [0.25, 0.3) is 10.6 Å². The van der Waals surface area contributed by atoms with Gasteiger partial charge < -0.3 is 10.6 Å². The highest BCUT2D eigenvalue weighted by Crippen LogP contribution is 2.23. The Kier molecular flexibility index (Phi) is 6.57. The van der Waals surface area contributed by atoms with E-state index < -0.39 is 0 Å². The third kappa shape index (κ3) is 5.28. The first-order valence-corrected chi connectivity index (χ1v) is 9.55. The van der Waals surface area contributed by atoms with Gasteiger partial charge in [-0.15, -0.1) is 11.3 Å². The van der Waals surface area contributed by atoms with Gasteiger partial charge in [-0.3, -0.25) is 4.99 Å². The van der Waals surface area contributed by atoms with Crippen LogP contribution >= 0.6 is 22.9 Å². The summed E-state index contributed by atoms with van der Waals surface area (Å²) in [5.41, 5.74) is 3.27. The van der Waals surface area contributed by atoms with Crippen molar-refractivity contribution in [2.24, 2.45) is 4.99 Å². The third-order valence-corrected chi connectivity index (χ3v) is 4.89. The topological polar surface area (TPSA) is 62.2 Å². The number of aromatic nitrogens is 2. The van der Waals surface area contributed by atoms with Gasteiger partial charge in [-0.1, -0.05) is 48.0 Å². The van der Waals surface area contributed by atoms with Gasteiger partial charge in [0, 0.05) is 30.7 Å². The summed E-state index contributed by atoms with van der Waals surface area (Å²) < 4.78 is 0. The molecule has 1 aromatic carbocycles. The van der Waals surface area contributed by atoms with Crippen LogP contribution in [-0.2, 0) is 13.0 Å². The highest BCUT2D eigenvalue weighted by Gasteiger charge is 2.05. The van der Waals surface area contributed by atoms with Crippen LogP contribution in [0, 0.1) is 0 Å². The predicted octanol–water partition coefficient (Wildman–Crippen LogP) is 3.77. The van der Waals surface area contributed by atoms with Crippen LogP contribution in [0.4, 0.5) is 0 Å². The SMILES string of the molecule is CN=C(NCCc1ccc(Cl)nc1)NCc1csc(-c2ccccc2)n1. The van der Waals surface area contributed by atoms with Crippen LogP contribution in [0.1, 0.15) is 11.3 Å². The lowest BCUT2D eigenvalue weighted by Crippen LogP contribution is -2.37.